The maximum Gasteiger partial charge on any atom is 0.275 e. The van der Waals surface area contributed by atoms with Gasteiger partial charge in [0.15, 0.2) is 17.5 Å². The van der Waals surface area contributed by atoms with Crippen molar-refractivity contribution in [3.8, 4) is 0 Å². The lowest BCUT2D eigenvalue weighted by Gasteiger charge is -2.35. The number of H-pyrrole nitrogens is 1. The lowest BCUT2D eigenvalue weighted by molar-refractivity contribution is -0.134. The first-order valence-electron chi connectivity index (χ1n) is 11.4. The molecule has 2 N–H and O–H groups in total. The van der Waals surface area contributed by atoms with Gasteiger partial charge in [0.25, 0.3) is 5.91 Å². The van der Waals surface area contributed by atoms with Gasteiger partial charge in [-0.25, -0.2) is 13.8 Å². The average Bonchev–Trinajstić information content (AvgIpc) is 3.48. The number of halogens is 2. The Morgan fingerprint density at radius 1 is 1.20 bits per heavy atom. The van der Waals surface area contributed by atoms with E-state index in [1.165, 1.54) is 18.3 Å². The molecule has 35 heavy (non-hydrogen) atoms. The first kappa shape index (κ1) is 22.7. The van der Waals surface area contributed by atoms with Crippen LogP contribution in [0.3, 0.4) is 0 Å². The normalized spacial score (nSPS) is 16.0. The molecular weight excluding hydrogens is 454 g/mol. The maximum absolute atomic E-state index is 14.1. The summed E-state index contributed by atoms with van der Waals surface area (Å²) in [5.41, 5.74) is 2.78. The van der Waals surface area contributed by atoms with Gasteiger partial charge in [0.2, 0.25) is 5.91 Å². The van der Waals surface area contributed by atoms with Crippen LogP contribution < -0.4 is 5.32 Å². The molecular formula is C25H24F2N6O2. The minimum Gasteiger partial charge on any atom is -0.334 e. The number of hydrogen-bond acceptors (Lipinski definition) is 4. The van der Waals surface area contributed by atoms with Crippen molar-refractivity contribution < 1.29 is 18.4 Å². The number of aromatic amines is 1. The van der Waals surface area contributed by atoms with Crippen LogP contribution in [0.1, 0.15) is 52.6 Å². The van der Waals surface area contributed by atoms with E-state index in [1.54, 1.807) is 21.6 Å². The number of anilines is 1. The quantitative estimate of drug-likeness (QED) is 0.450. The van der Waals surface area contributed by atoms with Crippen molar-refractivity contribution in [3.05, 3.63) is 82.9 Å². The summed E-state index contributed by atoms with van der Waals surface area (Å²) in [4.78, 5) is 31.8. The molecule has 5 rings (SSSR count). The lowest BCUT2D eigenvalue weighted by Crippen LogP contribution is -2.39. The van der Waals surface area contributed by atoms with E-state index in [0.717, 1.165) is 24.5 Å². The van der Waals surface area contributed by atoms with Crippen LogP contribution in [0.15, 0.2) is 48.8 Å². The Balaban J connectivity index is 1.32. The van der Waals surface area contributed by atoms with Crippen molar-refractivity contribution in [2.24, 2.45) is 0 Å². The van der Waals surface area contributed by atoms with Gasteiger partial charge in [0.05, 0.1) is 24.4 Å². The van der Waals surface area contributed by atoms with Gasteiger partial charge in [-0.3, -0.25) is 19.1 Å². The molecule has 1 saturated heterocycles. The predicted molar refractivity (Wildman–Crippen MR) is 125 cm³/mol. The molecule has 4 heterocycles. The van der Waals surface area contributed by atoms with E-state index in [-0.39, 0.29) is 29.8 Å². The van der Waals surface area contributed by atoms with Crippen LogP contribution in [0.25, 0.3) is 5.65 Å². The van der Waals surface area contributed by atoms with Gasteiger partial charge in [-0.15, -0.1) is 0 Å². The molecule has 3 aromatic heterocycles. The van der Waals surface area contributed by atoms with Crippen LogP contribution in [-0.2, 0) is 11.2 Å². The van der Waals surface area contributed by atoms with Gasteiger partial charge in [0.1, 0.15) is 11.3 Å². The first-order valence-corrected chi connectivity index (χ1v) is 11.4. The molecule has 0 spiro atoms. The summed E-state index contributed by atoms with van der Waals surface area (Å²) < 4.78 is 29.4. The zero-order valence-corrected chi connectivity index (χ0v) is 19.1. The van der Waals surface area contributed by atoms with Gasteiger partial charge in [-0.1, -0.05) is 12.1 Å². The summed E-state index contributed by atoms with van der Waals surface area (Å²) in [7, 11) is 0. The van der Waals surface area contributed by atoms with Crippen LogP contribution in [0, 0.1) is 18.6 Å². The lowest BCUT2D eigenvalue weighted by atomic mass is 9.98. The number of rotatable bonds is 5. The molecule has 0 radical (unpaired) electrons. The zero-order chi connectivity index (χ0) is 24.5. The third-order valence-electron chi connectivity index (χ3n) is 6.30. The fourth-order valence-electron chi connectivity index (χ4n) is 4.51. The number of carbonyl (C=O) groups is 2. The standard InChI is InChI=1S/C25H24F2N6O2/c1-15-8-10-32-20(14-28-22(32)11-15)25(35)29-21-13-18(30-31-21)19-7-2-3-9-33(19)23(34)12-16-5-4-6-17(26)24(16)27/h4-6,8,10-11,13-14,19H,2-3,7,9,12H2,1H3,(H2,29,30,31,35). The highest BCUT2D eigenvalue weighted by Crippen LogP contribution is 2.31. The number of benzene rings is 1. The molecule has 0 bridgehead atoms. The number of amides is 2. The van der Waals surface area contributed by atoms with E-state index >= 15 is 0 Å². The van der Waals surface area contributed by atoms with E-state index in [1.807, 2.05) is 19.1 Å². The first-order chi connectivity index (χ1) is 16.9. The second kappa shape index (κ2) is 9.28. The fourth-order valence-corrected chi connectivity index (χ4v) is 4.51. The van der Waals surface area contributed by atoms with E-state index < -0.39 is 11.6 Å². The summed E-state index contributed by atoms with van der Waals surface area (Å²) in [5.74, 6) is -2.30. The minimum atomic E-state index is -0.997. The molecule has 1 fully saturated rings. The van der Waals surface area contributed by atoms with Crippen molar-refractivity contribution in [2.75, 3.05) is 11.9 Å². The number of likely N-dealkylation sites (tertiary alicyclic amines) is 1. The molecule has 1 aromatic carbocycles. The number of piperidine rings is 1. The number of nitrogens with zero attached hydrogens (tertiary/aromatic N) is 4. The summed E-state index contributed by atoms with van der Waals surface area (Å²) in [6, 6.07) is 9.01. The van der Waals surface area contributed by atoms with E-state index in [0.29, 0.717) is 35.8 Å². The van der Waals surface area contributed by atoms with Crippen molar-refractivity contribution >= 4 is 23.3 Å². The molecule has 1 aliphatic rings. The van der Waals surface area contributed by atoms with Crippen LogP contribution in [-0.4, -0.2) is 42.8 Å². The number of fused-ring (bicyclic) bond motifs is 1. The number of aromatic nitrogens is 4. The number of aryl methyl sites for hydroxylation is 1. The Morgan fingerprint density at radius 2 is 2.06 bits per heavy atom. The Kier molecular flexibility index (Phi) is 6.02. The van der Waals surface area contributed by atoms with Gasteiger partial charge in [-0.2, -0.15) is 5.10 Å². The van der Waals surface area contributed by atoms with Gasteiger partial charge >= 0.3 is 0 Å². The number of nitrogens with one attached hydrogen (secondary N) is 2. The highest BCUT2D eigenvalue weighted by molar-refractivity contribution is 6.03. The Bertz CT molecular complexity index is 1410. The molecule has 0 aliphatic carbocycles. The SMILES string of the molecule is Cc1ccn2c(C(=O)Nc3cc(C4CCCCN4C(=O)Cc4cccc(F)c4F)[nH]n3)cnc2c1. The van der Waals surface area contributed by atoms with Crippen LogP contribution in [0.2, 0.25) is 0 Å². The van der Waals surface area contributed by atoms with Crippen LogP contribution >= 0.6 is 0 Å². The van der Waals surface area contributed by atoms with Crippen molar-refractivity contribution in [1.82, 2.24) is 24.5 Å². The van der Waals surface area contributed by atoms with Gasteiger partial charge in [-0.05, 0) is 49.9 Å². The zero-order valence-electron chi connectivity index (χ0n) is 19.1. The second-order valence-electron chi connectivity index (χ2n) is 8.73. The number of imidazole rings is 1. The maximum atomic E-state index is 14.1. The molecule has 180 valence electrons. The minimum absolute atomic E-state index is 0.0279. The topological polar surface area (TPSA) is 95.4 Å². The molecule has 1 unspecified atom stereocenters. The molecule has 4 aromatic rings. The smallest absolute Gasteiger partial charge is 0.275 e. The van der Waals surface area contributed by atoms with E-state index in [2.05, 4.69) is 20.5 Å². The number of carbonyl (C=O) groups excluding carboxylic acids is 2. The second-order valence-corrected chi connectivity index (χ2v) is 8.73. The van der Waals surface area contributed by atoms with E-state index in [4.69, 9.17) is 0 Å². The Hall–Kier alpha value is -4.08. The number of pyridine rings is 1. The summed E-state index contributed by atoms with van der Waals surface area (Å²) in [5, 5.41) is 9.90. The summed E-state index contributed by atoms with van der Waals surface area (Å²) in [6.45, 7) is 2.45. The largest absolute Gasteiger partial charge is 0.334 e. The Labute approximate surface area is 200 Å². The highest BCUT2D eigenvalue weighted by Gasteiger charge is 2.30. The molecule has 1 atom stereocenters. The molecule has 8 nitrogen and oxygen atoms in total. The predicted octanol–water partition coefficient (Wildman–Crippen LogP) is 4.19. The molecule has 2 amide bonds. The third kappa shape index (κ3) is 4.51. The van der Waals surface area contributed by atoms with Crippen molar-refractivity contribution in [3.63, 3.8) is 0 Å². The van der Waals surface area contributed by atoms with Crippen LogP contribution in [0.4, 0.5) is 14.6 Å². The fraction of sp³-hybridized carbons (Fsp3) is 0.280. The van der Waals surface area contributed by atoms with Gasteiger partial charge in [0, 0.05) is 24.4 Å². The van der Waals surface area contributed by atoms with Gasteiger partial charge < -0.3 is 10.2 Å². The monoisotopic (exact) mass is 478 g/mol. The van der Waals surface area contributed by atoms with Crippen LogP contribution in [0.5, 0.6) is 0 Å². The Morgan fingerprint density at radius 3 is 2.91 bits per heavy atom. The van der Waals surface area contributed by atoms with Crippen molar-refractivity contribution in [2.45, 2.75) is 38.6 Å². The molecule has 0 saturated carbocycles. The van der Waals surface area contributed by atoms with E-state index in [9.17, 15) is 18.4 Å². The molecule has 10 heteroatoms. The highest BCUT2D eigenvalue weighted by atomic mass is 19.2. The number of hydrogen-bond donors (Lipinski definition) is 2. The summed E-state index contributed by atoms with van der Waals surface area (Å²) >= 11 is 0. The molecule has 1 aliphatic heterocycles. The van der Waals surface area contributed by atoms with Crippen molar-refractivity contribution in [1.29, 1.82) is 0 Å². The average molecular weight is 479 g/mol. The third-order valence-corrected chi connectivity index (χ3v) is 6.30. The summed E-state index contributed by atoms with van der Waals surface area (Å²) in [6.07, 6.45) is 5.48.